The van der Waals surface area contributed by atoms with Gasteiger partial charge in [-0.15, -0.1) is 0 Å². The number of rotatable bonds is 7. The molecule has 0 amide bonds. The van der Waals surface area contributed by atoms with Gasteiger partial charge in [0.05, 0.1) is 24.2 Å². The maximum absolute atomic E-state index is 13.8. The van der Waals surface area contributed by atoms with Crippen LogP contribution in [0.1, 0.15) is 36.7 Å². The Morgan fingerprint density at radius 3 is 2.31 bits per heavy atom. The molecule has 5 aromatic rings. The van der Waals surface area contributed by atoms with E-state index in [9.17, 15) is 14.9 Å². The van der Waals surface area contributed by atoms with Gasteiger partial charge >= 0.3 is 5.97 Å². The van der Waals surface area contributed by atoms with E-state index in [1.165, 1.54) is 6.07 Å². The lowest BCUT2D eigenvalue weighted by Crippen LogP contribution is -2.50. The minimum atomic E-state index is -0.657. The molecule has 8 heteroatoms. The van der Waals surface area contributed by atoms with Crippen molar-refractivity contribution in [1.29, 1.82) is 0 Å². The Kier molecular flexibility index (Phi) is 7.12. The molecule has 0 unspecified atom stereocenters. The van der Waals surface area contributed by atoms with Crippen LogP contribution in [0.4, 0.5) is 11.4 Å². The summed E-state index contributed by atoms with van der Waals surface area (Å²) in [6.45, 7) is 3.67. The highest BCUT2D eigenvalue weighted by atomic mass is 16.6. The monoisotopic (exact) mass is 561 g/mol. The molecule has 4 aromatic carbocycles. The molecule has 0 spiro atoms. The smallest absolute Gasteiger partial charge is 0.329 e. The van der Waals surface area contributed by atoms with Gasteiger partial charge in [0, 0.05) is 40.8 Å². The molecule has 2 atom stereocenters. The zero-order valence-electron chi connectivity index (χ0n) is 23.6. The number of nitrogens with zero attached hydrogens (tertiary/aromatic N) is 2. The van der Waals surface area contributed by atoms with Gasteiger partial charge < -0.3 is 19.4 Å². The highest BCUT2D eigenvalue weighted by Gasteiger charge is 2.42. The molecule has 1 aliphatic heterocycles. The van der Waals surface area contributed by atoms with Gasteiger partial charge in [0.1, 0.15) is 11.8 Å². The number of benzene rings is 4. The molecule has 6 rings (SSSR count). The van der Waals surface area contributed by atoms with Crippen LogP contribution in [0.5, 0.6) is 5.75 Å². The van der Waals surface area contributed by atoms with Crippen LogP contribution in [-0.4, -0.2) is 35.1 Å². The molecule has 42 heavy (non-hydrogen) atoms. The Bertz CT molecular complexity index is 1760. The Labute approximate surface area is 243 Å². The van der Waals surface area contributed by atoms with Crippen LogP contribution in [0, 0.1) is 10.1 Å². The highest BCUT2D eigenvalue weighted by molar-refractivity contribution is 5.90. The number of non-ortho nitro benzene ring substituents is 1. The second-order valence-corrected chi connectivity index (χ2v) is 10.7. The Morgan fingerprint density at radius 2 is 1.64 bits per heavy atom. The van der Waals surface area contributed by atoms with E-state index in [1.54, 1.807) is 19.2 Å². The van der Waals surface area contributed by atoms with Crippen molar-refractivity contribution in [2.45, 2.75) is 38.5 Å². The predicted molar refractivity (Wildman–Crippen MR) is 163 cm³/mol. The van der Waals surface area contributed by atoms with Gasteiger partial charge in [-0.05, 0) is 66.4 Å². The third-order valence-corrected chi connectivity index (χ3v) is 7.74. The van der Waals surface area contributed by atoms with Crippen LogP contribution in [0.2, 0.25) is 0 Å². The summed E-state index contributed by atoms with van der Waals surface area (Å²) in [5.74, 6) is 0.444. The summed E-state index contributed by atoms with van der Waals surface area (Å²) in [7, 11) is 1.64. The van der Waals surface area contributed by atoms with Gasteiger partial charge in [-0.1, -0.05) is 54.6 Å². The molecule has 0 aliphatic carbocycles. The number of H-pyrrole nitrogens is 1. The lowest BCUT2D eigenvalue weighted by molar-refractivity contribution is -0.384. The topological polar surface area (TPSA) is 97.7 Å². The van der Waals surface area contributed by atoms with Gasteiger partial charge in [-0.2, -0.15) is 0 Å². The third-order valence-electron chi connectivity index (χ3n) is 7.74. The number of ether oxygens (including phenoxy) is 2. The summed E-state index contributed by atoms with van der Waals surface area (Å²) in [5, 5.41) is 12.8. The van der Waals surface area contributed by atoms with Crippen LogP contribution in [0.3, 0.4) is 0 Å². The first kappa shape index (κ1) is 27.1. The summed E-state index contributed by atoms with van der Waals surface area (Å²) in [6, 6.07) is 29.3. The summed E-state index contributed by atoms with van der Waals surface area (Å²) in [6.07, 6.45) is 0.133. The minimum Gasteiger partial charge on any atom is -0.497 e. The van der Waals surface area contributed by atoms with Gasteiger partial charge in [-0.3, -0.25) is 10.1 Å². The van der Waals surface area contributed by atoms with Crippen LogP contribution in [-0.2, 0) is 16.0 Å². The lowest BCUT2D eigenvalue weighted by Gasteiger charge is -2.43. The van der Waals surface area contributed by atoms with Crippen molar-refractivity contribution in [2.24, 2.45) is 0 Å². The lowest BCUT2D eigenvalue weighted by atomic mass is 9.87. The molecule has 0 saturated carbocycles. The number of hydrogen-bond acceptors (Lipinski definition) is 6. The van der Waals surface area contributed by atoms with Crippen molar-refractivity contribution in [3.8, 4) is 16.9 Å². The number of nitro benzene ring substituents is 1. The first-order valence-corrected chi connectivity index (χ1v) is 13.9. The van der Waals surface area contributed by atoms with Crippen molar-refractivity contribution in [2.75, 3.05) is 12.0 Å². The number of nitro groups is 1. The summed E-state index contributed by atoms with van der Waals surface area (Å²) < 4.78 is 11.1. The largest absolute Gasteiger partial charge is 0.497 e. The average Bonchev–Trinajstić information content (AvgIpc) is 3.38. The number of para-hydroxylation sites is 1. The zero-order valence-corrected chi connectivity index (χ0v) is 23.6. The summed E-state index contributed by atoms with van der Waals surface area (Å²) >= 11 is 0. The maximum Gasteiger partial charge on any atom is 0.329 e. The Hall–Kier alpha value is -5.11. The number of anilines is 1. The van der Waals surface area contributed by atoms with Crippen molar-refractivity contribution >= 4 is 28.2 Å². The fourth-order valence-corrected chi connectivity index (χ4v) is 5.87. The molecular weight excluding hydrogens is 530 g/mol. The van der Waals surface area contributed by atoms with E-state index in [0.717, 1.165) is 44.7 Å². The number of nitrogens with one attached hydrogen (secondary N) is 1. The van der Waals surface area contributed by atoms with Crippen molar-refractivity contribution < 1.29 is 19.2 Å². The van der Waals surface area contributed by atoms with Gasteiger partial charge in [0.2, 0.25) is 0 Å². The van der Waals surface area contributed by atoms with Crippen LogP contribution in [0.15, 0.2) is 97.1 Å². The molecule has 0 radical (unpaired) electrons. The SMILES string of the molecule is COc1ccc(-c2ccc(N3[C@H](c4cccc([N+](=O)[O-])c4)c4[nH]c5ccccc5c4C[C@H]3C(=O)OC(C)C)cc2)cc1. The standard InChI is InChI=1S/C34H31N3O5/c1-21(2)42-34(38)31-20-29-28-9-4-5-10-30(28)35-32(29)33(24-7-6-8-26(19-24)37(39)40)36(31)25-15-11-22(12-16-25)23-13-17-27(41-3)18-14-23/h4-19,21,31,33,35H,20H2,1-3H3/t31-,33+/m0/s1. The quantitative estimate of drug-likeness (QED) is 0.128. The third kappa shape index (κ3) is 4.96. The van der Waals surface area contributed by atoms with Crippen molar-refractivity contribution in [1.82, 2.24) is 4.98 Å². The van der Waals surface area contributed by atoms with E-state index in [4.69, 9.17) is 9.47 Å². The average molecular weight is 562 g/mol. The first-order chi connectivity index (χ1) is 20.3. The molecule has 0 saturated heterocycles. The summed E-state index contributed by atoms with van der Waals surface area (Å²) in [5.41, 5.74) is 6.42. The Balaban J connectivity index is 1.53. The Morgan fingerprint density at radius 1 is 0.952 bits per heavy atom. The van der Waals surface area contributed by atoms with E-state index in [0.29, 0.717) is 12.0 Å². The first-order valence-electron chi connectivity index (χ1n) is 13.9. The van der Waals surface area contributed by atoms with Gasteiger partial charge in [-0.25, -0.2) is 4.79 Å². The fraction of sp³-hybridized carbons (Fsp3) is 0.206. The van der Waals surface area contributed by atoms with E-state index < -0.39 is 17.0 Å². The second kappa shape index (κ2) is 11.0. The second-order valence-electron chi connectivity index (χ2n) is 10.7. The van der Waals surface area contributed by atoms with E-state index in [2.05, 4.69) is 4.98 Å². The molecule has 8 nitrogen and oxygen atoms in total. The molecule has 0 fully saturated rings. The van der Waals surface area contributed by atoms with Crippen molar-refractivity contribution in [3.63, 3.8) is 0 Å². The molecule has 2 heterocycles. The molecule has 1 N–H and O–H groups in total. The molecule has 1 aliphatic rings. The number of methoxy groups -OCH3 is 1. The van der Waals surface area contributed by atoms with E-state index in [-0.39, 0.29) is 17.8 Å². The van der Waals surface area contributed by atoms with Crippen LogP contribution in [0.25, 0.3) is 22.0 Å². The number of hydrogen-bond donors (Lipinski definition) is 1. The maximum atomic E-state index is 13.8. The number of aromatic nitrogens is 1. The van der Waals surface area contributed by atoms with Gasteiger partial charge in [0.25, 0.3) is 5.69 Å². The van der Waals surface area contributed by atoms with E-state index >= 15 is 0 Å². The number of carbonyl (C=O) groups is 1. The molecule has 1 aromatic heterocycles. The predicted octanol–water partition coefficient (Wildman–Crippen LogP) is 7.22. The molecule has 0 bridgehead atoms. The fourth-order valence-electron chi connectivity index (χ4n) is 5.87. The highest BCUT2D eigenvalue weighted by Crippen LogP contribution is 2.44. The van der Waals surface area contributed by atoms with Crippen molar-refractivity contribution in [3.05, 3.63) is 124 Å². The van der Waals surface area contributed by atoms with Crippen LogP contribution >= 0.6 is 0 Å². The number of esters is 1. The number of aromatic amines is 1. The summed E-state index contributed by atoms with van der Waals surface area (Å²) in [4.78, 5) is 30.8. The zero-order chi connectivity index (χ0) is 29.4. The van der Waals surface area contributed by atoms with Gasteiger partial charge in [0.15, 0.2) is 0 Å². The molecule has 212 valence electrons. The minimum absolute atomic E-state index is 0.00755. The van der Waals surface area contributed by atoms with Crippen LogP contribution < -0.4 is 9.64 Å². The number of carbonyl (C=O) groups excluding carboxylic acids is 1. The number of fused-ring (bicyclic) bond motifs is 3. The van der Waals surface area contributed by atoms with E-state index in [1.807, 2.05) is 97.6 Å². The molecular formula is C34H31N3O5. The normalized spacial score (nSPS) is 16.3.